The average Bonchev–Trinajstić information content (AvgIpc) is 3.45. The predicted octanol–water partition coefficient (Wildman–Crippen LogP) is 4.24. The normalized spacial score (nSPS) is 13.4. The lowest BCUT2D eigenvalue weighted by Gasteiger charge is -2.10. The first-order chi connectivity index (χ1) is 13.6. The van der Waals surface area contributed by atoms with Crippen molar-refractivity contribution in [1.29, 1.82) is 0 Å². The lowest BCUT2D eigenvalue weighted by molar-refractivity contribution is 0.102. The van der Waals surface area contributed by atoms with Crippen LogP contribution in [0.1, 0.15) is 60.3 Å². The Morgan fingerprint density at radius 1 is 1.31 bits per heavy atom. The van der Waals surface area contributed by atoms with Gasteiger partial charge in [0.15, 0.2) is 0 Å². The lowest BCUT2D eigenvalue weighted by atomic mass is 10.0. The summed E-state index contributed by atoms with van der Waals surface area (Å²) in [4.78, 5) is 17.7. The Balaban J connectivity index is 0.00000240. The number of benzene rings is 1. The Morgan fingerprint density at radius 3 is 2.66 bits per heavy atom. The molecule has 1 fully saturated rings. The Kier molecular flexibility index (Phi) is 6.39. The standard InChI is InChI=1S/C21H24N4O3.ClH/c1-12(2)19-18-16(11-17(13-3-4-13)24-21(18)28-25-19)20(26)23-14-5-7-15(8-6-14)27-10-9-22;/h5-8,11-13H,3-4,9-10,22H2,1-2H3,(H,23,26);1H. The summed E-state index contributed by atoms with van der Waals surface area (Å²) in [5.41, 5.74) is 8.77. The molecule has 1 aliphatic carbocycles. The van der Waals surface area contributed by atoms with Gasteiger partial charge >= 0.3 is 0 Å². The molecule has 29 heavy (non-hydrogen) atoms. The summed E-state index contributed by atoms with van der Waals surface area (Å²) < 4.78 is 10.9. The Bertz CT molecular complexity index is 997. The van der Waals surface area contributed by atoms with E-state index in [2.05, 4.69) is 15.5 Å². The van der Waals surface area contributed by atoms with E-state index in [1.807, 2.05) is 32.0 Å². The molecule has 0 atom stereocenters. The quantitative estimate of drug-likeness (QED) is 0.597. The number of nitrogens with zero attached hydrogens (tertiary/aromatic N) is 2. The maximum Gasteiger partial charge on any atom is 0.259 e. The highest BCUT2D eigenvalue weighted by Crippen LogP contribution is 2.41. The molecule has 0 saturated heterocycles. The van der Waals surface area contributed by atoms with Gasteiger partial charge in [0.1, 0.15) is 12.4 Å². The minimum Gasteiger partial charge on any atom is -0.492 e. The Hall–Kier alpha value is -2.64. The molecule has 1 amide bonds. The van der Waals surface area contributed by atoms with Crippen LogP contribution in [0.4, 0.5) is 5.69 Å². The van der Waals surface area contributed by atoms with Gasteiger partial charge in [-0.15, -0.1) is 12.4 Å². The SMILES string of the molecule is CC(C)c1noc2nc(C3CC3)cc(C(=O)Nc3ccc(OCCN)cc3)c12.Cl. The molecule has 1 aromatic carbocycles. The summed E-state index contributed by atoms with van der Waals surface area (Å²) >= 11 is 0. The molecule has 0 spiro atoms. The Morgan fingerprint density at radius 2 is 2.03 bits per heavy atom. The van der Waals surface area contributed by atoms with Gasteiger partial charge in [0.2, 0.25) is 0 Å². The number of carbonyl (C=O) groups excluding carboxylic acids is 1. The number of halogens is 1. The van der Waals surface area contributed by atoms with Gasteiger partial charge in [0.05, 0.1) is 16.6 Å². The molecule has 4 rings (SSSR count). The highest BCUT2D eigenvalue weighted by atomic mass is 35.5. The monoisotopic (exact) mass is 416 g/mol. The molecular weight excluding hydrogens is 392 g/mol. The van der Waals surface area contributed by atoms with Crippen molar-refractivity contribution >= 4 is 35.1 Å². The van der Waals surface area contributed by atoms with E-state index in [4.69, 9.17) is 15.0 Å². The number of nitrogens with two attached hydrogens (primary N) is 1. The van der Waals surface area contributed by atoms with Gasteiger partial charge in [0, 0.05) is 23.8 Å². The molecular formula is C21H25ClN4O3. The number of fused-ring (bicyclic) bond motifs is 1. The maximum absolute atomic E-state index is 13.1. The van der Waals surface area contributed by atoms with Crippen LogP contribution in [0, 0.1) is 0 Å². The van der Waals surface area contributed by atoms with Crippen molar-refractivity contribution < 1.29 is 14.1 Å². The lowest BCUT2D eigenvalue weighted by Crippen LogP contribution is -2.14. The summed E-state index contributed by atoms with van der Waals surface area (Å²) in [6.45, 7) is 4.95. The molecule has 0 aliphatic heterocycles. The summed E-state index contributed by atoms with van der Waals surface area (Å²) in [6.07, 6.45) is 2.18. The van der Waals surface area contributed by atoms with Crippen molar-refractivity contribution in [1.82, 2.24) is 10.1 Å². The van der Waals surface area contributed by atoms with Crippen LogP contribution in [0.2, 0.25) is 0 Å². The fraction of sp³-hybridized carbons (Fsp3) is 0.381. The van der Waals surface area contributed by atoms with Gasteiger partial charge in [-0.05, 0) is 49.1 Å². The topological polar surface area (TPSA) is 103 Å². The van der Waals surface area contributed by atoms with E-state index < -0.39 is 0 Å². The first kappa shape index (κ1) is 21.1. The van der Waals surface area contributed by atoms with Crippen molar-refractivity contribution in [3.63, 3.8) is 0 Å². The minimum atomic E-state index is -0.199. The van der Waals surface area contributed by atoms with Crippen molar-refractivity contribution in [2.24, 2.45) is 5.73 Å². The second-order valence-electron chi connectivity index (χ2n) is 7.39. The summed E-state index contributed by atoms with van der Waals surface area (Å²) in [5.74, 6) is 1.05. The van der Waals surface area contributed by atoms with Gasteiger partial charge < -0.3 is 20.3 Å². The van der Waals surface area contributed by atoms with Crippen LogP contribution in [0.3, 0.4) is 0 Å². The zero-order valence-electron chi connectivity index (χ0n) is 16.5. The molecule has 0 bridgehead atoms. The van der Waals surface area contributed by atoms with Crippen molar-refractivity contribution in [2.75, 3.05) is 18.5 Å². The highest BCUT2D eigenvalue weighted by molar-refractivity contribution is 6.12. The molecule has 1 saturated carbocycles. The number of carbonyl (C=O) groups is 1. The highest BCUT2D eigenvalue weighted by Gasteiger charge is 2.29. The number of rotatable bonds is 7. The molecule has 154 valence electrons. The maximum atomic E-state index is 13.1. The molecule has 3 N–H and O–H groups in total. The van der Waals surface area contributed by atoms with Gasteiger partial charge in [-0.2, -0.15) is 0 Å². The van der Waals surface area contributed by atoms with Crippen LogP contribution < -0.4 is 15.8 Å². The van der Waals surface area contributed by atoms with Crippen LogP contribution in [0.25, 0.3) is 11.1 Å². The molecule has 8 heteroatoms. The minimum absolute atomic E-state index is 0. The third kappa shape index (κ3) is 4.52. The summed E-state index contributed by atoms with van der Waals surface area (Å²) in [5, 5.41) is 7.82. The largest absolute Gasteiger partial charge is 0.492 e. The zero-order chi connectivity index (χ0) is 19.7. The van der Waals surface area contributed by atoms with E-state index in [1.54, 1.807) is 12.1 Å². The van der Waals surface area contributed by atoms with Gasteiger partial charge in [-0.3, -0.25) is 4.79 Å². The molecule has 3 aromatic rings. The number of hydrogen-bond acceptors (Lipinski definition) is 6. The number of anilines is 1. The second kappa shape index (κ2) is 8.80. The van der Waals surface area contributed by atoms with E-state index in [1.165, 1.54) is 0 Å². The number of ether oxygens (including phenoxy) is 1. The first-order valence-electron chi connectivity index (χ1n) is 9.61. The summed E-state index contributed by atoms with van der Waals surface area (Å²) in [7, 11) is 0. The van der Waals surface area contributed by atoms with Crippen LogP contribution in [-0.2, 0) is 0 Å². The van der Waals surface area contributed by atoms with E-state index in [0.29, 0.717) is 47.2 Å². The van der Waals surface area contributed by atoms with Gasteiger partial charge in [0.25, 0.3) is 11.6 Å². The number of aromatic nitrogens is 2. The number of nitrogens with one attached hydrogen (secondary N) is 1. The molecule has 2 heterocycles. The van der Waals surface area contributed by atoms with E-state index in [9.17, 15) is 4.79 Å². The van der Waals surface area contributed by atoms with Crippen LogP contribution in [0.15, 0.2) is 34.9 Å². The smallest absolute Gasteiger partial charge is 0.259 e. The van der Waals surface area contributed by atoms with Crippen molar-refractivity contribution in [2.45, 2.75) is 38.5 Å². The molecule has 7 nitrogen and oxygen atoms in total. The molecule has 2 aromatic heterocycles. The summed E-state index contributed by atoms with van der Waals surface area (Å²) in [6, 6.07) is 9.11. The zero-order valence-corrected chi connectivity index (χ0v) is 17.3. The van der Waals surface area contributed by atoms with E-state index in [-0.39, 0.29) is 24.2 Å². The van der Waals surface area contributed by atoms with Gasteiger partial charge in [-0.1, -0.05) is 19.0 Å². The van der Waals surface area contributed by atoms with Crippen molar-refractivity contribution in [3.05, 3.63) is 47.3 Å². The van der Waals surface area contributed by atoms with Crippen LogP contribution in [-0.4, -0.2) is 29.2 Å². The number of hydrogen-bond donors (Lipinski definition) is 2. The molecule has 0 unspecified atom stereocenters. The third-order valence-electron chi connectivity index (χ3n) is 4.78. The average molecular weight is 417 g/mol. The van der Waals surface area contributed by atoms with Crippen molar-refractivity contribution in [3.8, 4) is 5.75 Å². The Labute approximate surface area is 175 Å². The second-order valence-corrected chi connectivity index (χ2v) is 7.39. The van der Waals surface area contributed by atoms with E-state index >= 15 is 0 Å². The third-order valence-corrected chi connectivity index (χ3v) is 4.78. The number of amides is 1. The fourth-order valence-electron chi connectivity index (χ4n) is 3.16. The molecule has 0 radical (unpaired) electrons. The van der Waals surface area contributed by atoms with Crippen LogP contribution >= 0.6 is 12.4 Å². The number of pyridine rings is 1. The molecule has 1 aliphatic rings. The fourth-order valence-corrected chi connectivity index (χ4v) is 3.16. The van der Waals surface area contributed by atoms with E-state index in [0.717, 1.165) is 24.2 Å². The van der Waals surface area contributed by atoms with Crippen LogP contribution in [0.5, 0.6) is 5.75 Å². The first-order valence-corrected chi connectivity index (χ1v) is 9.61. The predicted molar refractivity (Wildman–Crippen MR) is 114 cm³/mol. The van der Waals surface area contributed by atoms with Gasteiger partial charge in [-0.25, -0.2) is 4.98 Å².